The van der Waals surface area contributed by atoms with Crippen LogP contribution in [0, 0.1) is 0 Å². The van der Waals surface area contributed by atoms with E-state index in [1.54, 1.807) is 61.9 Å². The lowest BCUT2D eigenvalue weighted by Crippen LogP contribution is -2.13. The highest BCUT2D eigenvalue weighted by molar-refractivity contribution is 6.36. The second-order valence-electron chi connectivity index (χ2n) is 6.70. The number of carbonyl (C=O) groups excluding carboxylic acids is 2. The first-order valence-electron chi connectivity index (χ1n) is 9.53. The molecule has 0 fully saturated rings. The summed E-state index contributed by atoms with van der Waals surface area (Å²) >= 11 is 0. The highest BCUT2D eigenvalue weighted by atomic mass is 16.5. The monoisotopic (exact) mass is 416 g/mol. The van der Waals surface area contributed by atoms with Gasteiger partial charge in [-0.15, -0.1) is 0 Å². The smallest absolute Gasteiger partial charge is 0.256 e. The van der Waals surface area contributed by atoms with E-state index < -0.39 is 0 Å². The molecule has 0 radical (unpaired) electrons. The van der Waals surface area contributed by atoms with Gasteiger partial charge in [0.1, 0.15) is 5.75 Å². The molecule has 0 atom stereocenters. The minimum absolute atomic E-state index is 0.188. The maximum atomic E-state index is 12.7. The Hall–Kier alpha value is -4.17. The van der Waals surface area contributed by atoms with Gasteiger partial charge in [0.15, 0.2) is 0 Å². The van der Waals surface area contributed by atoms with Gasteiger partial charge in [0, 0.05) is 46.7 Å². The van der Waals surface area contributed by atoms with E-state index in [0.717, 1.165) is 0 Å². The fraction of sp³-hybridized carbons (Fsp3) is 0.0870. The molecule has 2 aromatic heterocycles. The molecular weight excluding hydrogens is 396 g/mol. The number of pyridine rings is 1. The first kappa shape index (κ1) is 20.1. The zero-order chi connectivity index (χ0) is 21.8. The third kappa shape index (κ3) is 3.96. The summed E-state index contributed by atoms with van der Waals surface area (Å²) in [7, 11) is 1.55. The van der Waals surface area contributed by atoms with E-state index in [9.17, 15) is 14.7 Å². The van der Waals surface area contributed by atoms with Crippen molar-refractivity contribution in [3.63, 3.8) is 0 Å². The zero-order valence-electron chi connectivity index (χ0n) is 16.7. The van der Waals surface area contributed by atoms with Crippen LogP contribution in [0.3, 0.4) is 0 Å². The molecule has 1 aliphatic heterocycles. The summed E-state index contributed by atoms with van der Waals surface area (Å²) in [5.41, 5.74) is 3.85. The van der Waals surface area contributed by atoms with Crippen molar-refractivity contribution in [2.24, 2.45) is 0 Å². The van der Waals surface area contributed by atoms with Crippen LogP contribution in [0.4, 0.5) is 11.4 Å². The molecule has 4 N–H and O–H groups in total. The maximum absolute atomic E-state index is 12.7. The molecule has 4 rings (SSSR count). The van der Waals surface area contributed by atoms with Gasteiger partial charge >= 0.3 is 0 Å². The number of amides is 2. The number of methoxy groups -OCH3 is 1. The molecule has 8 nitrogen and oxygen atoms in total. The fourth-order valence-corrected chi connectivity index (χ4v) is 3.41. The zero-order valence-corrected chi connectivity index (χ0v) is 16.7. The van der Waals surface area contributed by atoms with Gasteiger partial charge in [-0.3, -0.25) is 14.6 Å². The maximum Gasteiger partial charge on any atom is 0.256 e. The number of nitrogens with zero attached hydrogens (tertiary/aromatic N) is 1. The molecule has 0 saturated heterocycles. The number of hydrogen-bond acceptors (Lipinski definition) is 5. The van der Waals surface area contributed by atoms with Gasteiger partial charge in [-0.1, -0.05) is 12.2 Å². The molecule has 3 heterocycles. The quantitative estimate of drug-likeness (QED) is 0.461. The number of benzene rings is 1. The van der Waals surface area contributed by atoms with Crippen LogP contribution < -0.4 is 15.4 Å². The number of ether oxygens (including phenoxy) is 1. The molecular formula is C23H20N4O4. The average molecular weight is 416 g/mol. The van der Waals surface area contributed by atoms with Crippen molar-refractivity contribution in [3.8, 4) is 5.75 Å². The Morgan fingerprint density at radius 3 is 2.77 bits per heavy atom. The van der Waals surface area contributed by atoms with Gasteiger partial charge in [-0.2, -0.15) is 0 Å². The second-order valence-corrected chi connectivity index (χ2v) is 6.70. The van der Waals surface area contributed by atoms with E-state index in [1.807, 2.05) is 0 Å². The minimum Gasteiger partial charge on any atom is -0.495 e. The number of carbonyl (C=O) groups is 2. The lowest BCUT2D eigenvalue weighted by Gasteiger charge is -2.13. The van der Waals surface area contributed by atoms with Crippen LogP contribution in [-0.4, -0.2) is 40.6 Å². The van der Waals surface area contributed by atoms with Crippen molar-refractivity contribution in [3.05, 3.63) is 77.4 Å². The van der Waals surface area contributed by atoms with Gasteiger partial charge < -0.3 is 25.5 Å². The van der Waals surface area contributed by atoms with Crippen LogP contribution in [0.25, 0.3) is 17.7 Å². The van der Waals surface area contributed by atoms with Gasteiger partial charge in [-0.05, 0) is 36.4 Å². The number of aromatic nitrogens is 2. The highest BCUT2D eigenvalue weighted by Crippen LogP contribution is 2.40. The van der Waals surface area contributed by atoms with Crippen molar-refractivity contribution in [1.82, 2.24) is 9.97 Å². The molecule has 1 aromatic carbocycles. The number of H-pyrrole nitrogens is 1. The van der Waals surface area contributed by atoms with Crippen LogP contribution in [0.1, 0.15) is 27.2 Å². The lowest BCUT2D eigenvalue weighted by atomic mass is 9.97. The molecule has 0 saturated carbocycles. The molecule has 0 unspecified atom stereocenters. The third-order valence-electron chi connectivity index (χ3n) is 4.84. The summed E-state index contributed by atoms with van der Waals surface area (Å²) in [6.07, 6.45) is 9.73. The van der Waals surface area contributed by atoms with E-state index >= 15 is 0 Å². The van der Waals surface area contributed by atoms with Crippen molar-refractivity contribution in [2.75, 3.05) is 24.4 Å². The minimum atomic E-state index is -0.310. The van der Waals surface area contributed by atoms with Gasteiger partial charge in [0.25, 0.3) is 11.8 Å². The number of aromatic amines is 1. The number of aliphatic hydroxyl groups is 1. The van der Waals surface area contributed by atoms with E-state index in [2.05, 4.69) is 20.6 Å². The molecule has 0 bridgehead atoms. The Balaban J connectivity index is 1.81. The Morgan fingerprint density at radius 2 is 2.03 bits per heavy atom. The number of anilines is 2. The molecule has 0 aliphatic carbocycles. The third-order valence-corrected chi connectivity index (χ3v) is 4.84. The SMILES string of the molecule is COc1cc[nH]c1C=C1C(=O)Nc2ccc(NC(=O)c3ccncc3)c(C=CCO)c21. The molecule has 31 heavy (non-hydrogen) atoms. The molecule has 2 amide bonds. The number of hydrogen-bond donors (Lipinski definition) is 4. The second kappa shape index (κ2) is 8.68. The first-order chi connectivity index (χ1) is 15.1. The van der Waals surface area contributed by atoms with Crippen molar-refractivity contribution in [2.45, 2.75) is 0 Å². The van der Waals surface area contributed by atoms with Crippen LogP contribution >= 0.6 is 0 Å². The highest BCUT2D eigenvalue weighted by Gasteiger charge is 2.28. The molecule has 1 aliphatic rings. The Morgan fingerprint density at radius 1 is 1.23 bits per heavy atom. The average Bonchev–Trinajstić information content (AvgIpc) is 3.37. The van der Waals surface area contributed by atoms with Gasteiger partial charge in [-0.25, -0.2) is 0 Å². The van der Waals surface area contributed by atoms with Crippen LogP contribution in [-0.2, 0) is 4.79 Å². The number of nitrogens with one attached hydrogen (secondary N) is 3. The molecule has 3 aromatic rings. The van der Waals surface area contributed by atoms with Gasteiger partial charge in [0.2, 0.25) is 0 Å². The number of rotatable bonds is 6. The largest absolute Gasteiger partial charge is 0.495 e. The summed E-state index contributed by atoms with van der Waals surface area (Å²) in [6.45, 7) is -0.188. The summed E-state index contributed by atoms with van der Waals surface area (Å²) in [6, 6.07) is 8.43. The van der Waals surface area contributed by atoms with E-state index in [1.165, 1.54) is 12.4 Å². The van der Waals surface area contributed by atoms with Crippen molar-refractivity contribution < 1.29 is 19.4 Å². The predicted molar refractivity (Wildman–Crippen MR) is 119 cm³/mol. The van der Waals surface area contributed by atoms with E-state index in [-0.39, 0.29) is 18.4 Å². The summed E-state index contributed by atoms with van der Waals surface area (Å²) < 4.78 is 5.32. The fourth-order valence-electron chi connectivity index (χ4n) is 3.41. The van der Waals surface area contributed by atoms with E-state index in [4.69, 9.17) is 4.74 Å². The molecule has 8 heteroatoms. The van der Waals surface area contributed by atoms with Crippen LogP contribution in [0.15, 0.2) is 55.0 Å². The first-order valence-corrected chi connectivity index (χ1v) is 9.53. The van der Waals surface area contributed by atoms with Gasteiger partial charge in [0.05, 0.1) is 25.0 Å². The normalized spacial score (nSPS) is 14.0. The predicted octanol–water partition coefficient (Wildman–Crippen LogP) is 3.17. The number of aliphatic hydroxyl groups excluding tert-OH is 1. The molecule has 0 spiro atoms. The standard InChI is InChI=1S/C23H20N4O4/c1-31-20-8-11-25-19(20)13-16-21-15(3-2-12-28)17(4-5-18(21)27-23(16)30)26-22(29)14-6-9-24-10-7-14/h2-11,13,25,28H,12H2,1H3,(H,26,29)(H,27,30). The van der Waals surface area contributed by atoms with Crippen molar-refractivity contribution in [1.29, 1.82) is 0 Å². The lowest BCUT2D eigenvalue weighted by molar-refractivity contribution is -0.110. The van der Waals surface area contributed by atoms with E-state index in [0.29, 0.717) is 45.1 Å². The van der Waals surface area contributed by atoms with Crippen LogP contribution in [0.2, 0.25) is 0 Å². The summed E-state index contributed by atoms with van der Waals surface area (Å²) in [5.74, 6) is 0.0149. The molecule has 156 valence electrons. The number of fused-ring (bicyclic) bond motifs is 1. The summed E-state index contributed by atoms with van der Waals surface area (Å²) in [5, 5.41) is 15.1. The van der Waals surface area contributed by atoms with Crippen LogP contribution in [0.5, 0.6) is 5.75 Å². The topological polar surface area (TPSA) is 116 Å². The van der Waals surface area contributed by atoms with Crippen molar-refractivity contribution >= 4 is 40.9 Å². The summed E-state index contributed by atoms with van der Waals surface area (Å²) in [4.78, 5) is 32.4. The Bertz CT molecular complexity index is 1200. The Kier molecular flexibility index (Phi) is 5.63. The Labute approximate surface area is 178 Å².